The number of benzene rings is 1. The molecule has 1 aliphatic rings. The molecule has 3 rings (SSSR count). The van der Waals surface area contributed by atoms with Gasteiger partial charge in [-0.3, -0.25) is 10.2 Å². The Morgan fingerprint density at radius 2 is 1.79 bits per heavy atom. The van der Waals surface area contributed by atoms with Gasteiger partial charge in [-0.25, -0.2) is 15.1 Å². The summed E-state index contributed by atoms with van der Waals surface area (Å²) in [4.78, 5) is 12.8. The molecular weight excluding hydrogens is 486 g/mol. The molecule has 0 atom stereocenters. The molecule has 1 fully saturated rings. The van der Waals surface area contributed by atoms with Gasteiger partial charge in [-0.1, -0.05) is 38.3 Å². The second kappa shape index (κ2) is 7.97. The minimum Gasteiger partial charge on any atom is -0.291 e. The molecule has 2 N–H and O–H groups in total. The minimum absolute atomic E-state index is 0.0528. The Hall–Kier alpha value is -2.68. The lowest BCUT2D eigenvalue weighted by molar-refractivity contribution is -0.137. The number of aromatic nitrogens is 3. The summed E-state index contributed by atoms with van der Waals surface area (Å²) in [5, 5.41) is 3.71. The molecule has 1 aliphatic carbocycles. The van der Waals surface area contributed by atoms with Crippen LogP contribution in [0.4, 0.5) is 32.6 Å². The number of hydrazine groups is 1. The zero-order chi connectivity index (χ0) is 24.6. The average molecular weight is 505 g/mol. The molecule has 0 aliphatic heterocycles. The zero-order valence-corrected chi connectivity index (χ0v) is 17.6. The zero-order valence-electron chi connectivity index (χ0n) is 16.8. The third-order valence-electron chi connectivity index (χ3n) is 4.86. The lowest BCUT2D eigenvalue weighted by atomic mass is 10.1. The molecule has 184 valence electrons. The Kier molecular flexibility index (Phi) is 6.03. The number of rotatable bonds is 7. The average Bonchev–Trinajstić information content (AvgIpc) is 3.37. The van der Waals surface area contributed by atoms with Crippen molar-refractivity contribution in [2.45, 2.75) is 36.8 Å². The van der Waals surface area contributed by atoms with Gasteiger partial charge in [0.05, 0.1) is 5.56 Å². The van der Waals surface area contributed by atoms with Crippen LogP contribution in [0.15, 0.2) is 35.5 Å². The van der Waals surface area contributed by atoms with Crippen molar-refractivity contribution in [3.05, 3.63) is 36.2 Å². The number of alkyl halides is 3. The van der Waals surface area contributed by atoms with Crippen LogP contribution in [0.25, 0.3) is 17.6 Å². The number of hydrogen-bond donors (Lipinski definition) is 2. The molecule has 0 saturated heterocycles. The van der Waals surface area contributed by atoms with Crippen LogP contribution in [0, 0.1) is 5.92 Å². The molecule has 2 aromatic rings. The van der Waals surface area contributed by atoms with Crippen LogP contribution in [0.1, 0.15) is 31.2 Å². The molecular formula is C18H19F8N5OS. The van der Waals surface area contributed by atoms with Gasteiger partial charge in [0.1, 0.15) is 11.2 Å². The first-order valence-corrected chi connectivity index (χ1v) is 11.6. The van der Waals surface area contributed by atoms with E-state index in [0.29, 0.717) is 0 Å². The highest BCUT2D eigenvalue weighted by Gasteiger charge is 2.66. The molecule has 33 heavy (non-hydrogen) atoms. The van der Waals surface area contributed by atoms with Crippen LogP contribution in [0.3, 0.4) is 0 Å². The van der Waals surface area contributed by atoms with Gasteiger partial charge in [0.2, 0.25) is 5.91 Å². The van der Waals surface area contributed by atoms with Crippen molar-refractivity contribution in [1.82, 2.24) is 25.6 Å². The van der Waals surface area contributed by atoms with Gasteiger partial charge >= 0.3 is 16.4 Å². The Morgan fingerprint density at radius 1 is 1.12 bits per heavy atom. The summed E-state index contributed by atoms with van der Waals surface area (Å²) in [7, 11) is -10.4. The maximum atomic E-state index is 13.1. The maximum Gasteiger partial charge on any atom is 0.416 e. The third kappa shape index (κ3) is 6.66. The summed E-state index contributed by atoms with van der Waals surface area (Å²) >= 11 is 0. The van der Waals surface area contributed by atoms with Gasteiger partial charge in [0, 0.05) is 24.2 Å². The molecule has 0 unspecified atom stereocenters. The first kappa shape index (κ1) is 25.0. The second-order valence-corrected chi connectivity index (χ2v) is 9.91. The summed E-state index contributed by atoms with van der Waals surface area (Å²) < 4.78 is 106. The number of hydrogen-bond acceptors (Lipinski definition) is 4. The predicted octanol–water partition coefficient (Wildman–Crippen LogP) is 5.90. The lowest BCUT2D eigenvalue weighted by Crippen LogP contribution is -2.40. The van der Waals surface area contributed by atoms with E-state index in [4.69, 9.17) is 0 Å². The van der Waals surface area contributed by atoms with E-state index in [2.05, 4.69) is 20.9 Å². The number of carbonyl (C=O) groups excluding carboxylic acids is 1. The number of nitrogens with zero attached hydrogens (tertiary/aromatic N) is 3. The number of amides is 1. The smallest absolute Gasteiger partial charge is 0.291 e. The van der Waals surface area contributed by atoms with Crippen LogP contribution in [0.2, 0.25) is 0 Å². The highest BCUT2D eigenvalue weighted by atomic mass is 32.5. The summed E-state index contributed by atoms with van der Waals surface area (Å²) in [6.07, 6.45) is 1.98. The fraction of sp³-hybridized carbons (Fsp3) is 0.389. The number of halogens is 8. The molecule has 0 spiro atoms. The van der Waals surface area contributed by atoms with E-state index in [9.17, 15) is 37.4 Å². The normalized spacial score (nSPS) is 17.8. The van der Waals surface area contributed by atoms with Gasteiger partial charge in [0.15, 0.2) is 5.82 Å². The summed E-state index contributed by atoms with van der Waals surface area (Å²) in [5.41, 5.74) is 2.40. The largest absolute Gasteiger partial charge is 0.416 e. The maximum absolute atomic E-state index is 13.1. The van der Waals surface area contributed by atoms with Crippen LogP contribution in [-0.4, -0.2) is 27.2 Å². The lowest BCUT2D eigenvalue weighted by Gasteiger charge is -2.40. The third-order valence-corrected chi connectivity index (χ3v) is 5.99. The summed E-state index contributed by atoms with van der Waals surface area (Å²) in [5.74, 6) is -0.812. The van der Waals surface area contributed by atoms with Crippen molar-refractivity contribution in [1.29, 1.82) is 0 Å². The first-order valence-electron chi connectivity index (χ1n) is 9.60. The molecule has 1 amide bonds. The van der Waals surface area contributed by atoms with Gasteiger partial charge in [-0.05, 0) is 31.0 Å². The van der Waals surface area contributed by atoms with E-state index in [1.54, 1.807) is 0 Å². The fourth-order valence-electron chi connectivity index (χ4n) is 3.24. The van der Waals surface area contributed by atoms with Crippen molar-refractivity contribution < 1.29 is 37.4 Å². The van der Waals surface area contributed by atoms with E-state index in [-0.39, 0.29) is 30.5 Å². The number of carbonyl (C=O) groups is 1. The second-order valence-electron chi connectivity index (χ2n) is 7.50. The standard InChI is InChI=1S/C18H19F8N5OS/c19-18(20,21)14-8-13(9-15(10-14)33(22,23,24,25)26)16-27-11-31(30-16)7-3-6-28-29-17(32)12-4-1-2-5-12/h3,7-12,28H,1-2,4-6H2,(H,29,32)/b7-3-. The first-order chi connectivity index (χ1) is 15.0. The van der Waals surface area contributed by atoms with E-state index >= 15 is 0 Å². The van der Waals surface area contributed by atoms with Crippen molar-refractivity contribution in [2.24, 2.45) is 5.92 Å². The minimum atomic E-state index is -10.4. The molecule has 0 bridgehead atoms. The predicted molar refractivity (Wildman–Crippen MR) is 105 cm³/mol. The summed E-state index contributed by atoms with van der Waals surface area (Å²) in [6, 6.07) is -0.482. The van der Waals surface area contributed by atoms with Crippen LogP contribution in [0.5, 0.6) is 0 Å². The monoisotopic (exact) mass is 505 g/mol. The summed E-state index contributed by atoms with van der Waals surface area (Å²) in [6.45, 7) is 0.131. The number of nitrogens with one attached hydrogen (secondary N) is 2. The van der Waals surface area contributed by atoms with Gasteiger partial charge < -0.3 is 0 Å². The van der Waals surface area contributed by atoms with Crippen molar-refractivity contribution in [2.75, 3.05) is 6.54 Å². The highest BCUT2D eigenvalue weighted by molar-refractivity contribution is 8.45. The topological polar surface area (TPSA) is 71.8 Å². The molecule has 1 aromatic heterocycles. The van der Waals surface area contributed by atoms with E-state index in [0.717, 1.165) is 36.7 Å². The van der Waals surface area contributed by atoms with Crippen LogP contribution in [-0.2, 0) is 11.0 Å². The van der Waals surface area contributed by atoms with E-state index in [1.807, 2.05) is 0 Å². The molecule has 6 nitrogen and oxygen atoms in total. The van der Waals surface area contributed by atoms with Gasteiger partial charge in [-0.15, -0.1) is 5.10 Å². The molecule has 1 saturated carbocycles. The molecule has 15 heteroatoms. The van der Waals surface area contributed by atoms with Gasteiger partial charge in [-0.2, -0.15) is 13.2 Å². The Bertz CT molecular complexity index is 1060. The van der Waals surface area contributed by atoms with Gasteiger partial charge in [0.25, 0.3) is 0 Å². The Labute approximate surface area is 182 Å². The van der Waals surface area contributed by atoms with E-state index in [1.165, 1.54) is 12.3 Å². The fourth-order valence-corrected chi connectivity index (χ4v) is 3.94. The van der Waals surface area contributed by atoms with Crippen molar-refractivity contribution >= 4 is 22.3 Å². The van der Waals surface area contributed by atoms with Crippen molar-refractivity contribution in [3.8, 4) is 11.4 Å². The molecule has 1 aromatic carbocycles. The van der Waals surface area contributed by atoms with Crippen LogP contribution >= 0.6 is 10.2 Å². The Balaban J connectivity index is 1.74. The SMILES string of the molecule is O=C(NNC/C=C\n1cnc(-c2cc(C(F)(F)F)cc(S(F)(F)(F)(F)F)c2)n1)C1CCCC1. The Morgan fingerprint density at radius 3 is 2.39 bits per heavy atom. The van der Waals surface area contributed by atoms with E-state index < -0.39 is 44.3 Å². The van der Waals surface area contributed by atoms with Crippen molar-refractivity contribution in [3.63, 3.8) is 0 Å². The highest BCUT2D eigenvalue weighted by Crippen LogP contribution is 3.02. The van der Waals surface area contributed by atoms with Crippen LogP contribution < -0.4 is 10.9 Å². The quantitative estimate of drug-likeness (QED) is 0.279. The molecule has 0 radical (unpaired) electrons. The molecule has 1 heterocycles.